The van der Waals surface area contributed by atoms with Gasteiger partial charge in [0.05, 0.1) is 27.3 Å². The third-order valence-corrected chi connectivity index (χ3v) is 5.92. The summed E-state index contributed by atoms with van der Waals surface area (Å²) in [6.07, 6.45) is 0. The maximum Gasteiger partial charge on any atom is 0.269 e. The summed E-state index contributed by atoms with van der Waals surface area (Å²) in [6, 6.07) is 13.2. The zero-order chi connectivity index (χ0) is 22.5. The number of benzene rings is 2. The van der Waals surface area contributed by atoms with Crippen molar-refractivity contribution in [1.29, 1.82) is 0 Å². The van der Waals surface area contributed by atoms with Crippen LogP contribution in [0.5, 0.6) is 0 Å². The first-order chi connectivity index (χ1) is 14.8. The minimum absolute atomic E-state index is 0.0119. The summed E-state index contributed by atoms with van der Waals surface area (Å²) in [5, 5.41) is 19.0. The molecule has 1 amide bonds. The molecule has 3 aromatic rings. The second kappa shape index (κ2) is 9.93. The van der Waals surface area contributed by atoms with Crippen LogP contribution < -0.4 is 0 Å². The molecule has 0 N–H and O–H groups in total. The molecule has 0 fully saturated rings. The summed E-state index contributed by atoms with van der Waals surface area (Å²) in [4.78, 5) is 25.9. The summed E-state index contributed by atoms with van der Waals surface area (Å²) < 4.78 is 5.74. The Morgan fingerprint density at radius 2 is 1.84 bits per heavy atom. The van der Waals surface area contributed by atoms with Crippen LogP contribution in [0.1, 0.15) is 26.7 Å². The molecule has 1 heterocycles. The lowest BCUT2D eigenvalue weighted by atomic mass is 10.2. The number of nitro benzene ring substituents is 1. The van der Waals surface area contributed by atoms with Gasteiger partial charge in [-0.25, -0.2) is 0 Å². The van der Waals surface area contributed by atoms with Crippen LogP contribution in [0.4, 0.5) is 5.69 Å². The lowest BCUT2D eigenvalue weighted by Crippen LogP contribution is -2.40. The predicted molar refractivity (Wildman–Crippen MR) is 119 cm³/mol. The molecule has 1 atom stereocenters. The minimum Gasteiger partial charge on any atom is -0.419 e. The number of non-ortho nitro benzene ring substituents is 1. The molecule has 0 spiro atoms. The van der Waals surface area contributed by atoms with Crippen LogP contribution in [0.15, 0.2) is 57.8 Å². The average Bonchev–Trinajstić information content (AvgIpc) is 3.20. The van der Waals surface area contributed by atoms with Crippen molar-refractivity contribution in [3.05, 3.63) is 69.6 Å². The van der Waals surface area contributed by atoms with Gasteiger partial charge < -0.3 is 9.32 Å². The molecule has 1 unspecified atom stereocenters. The maximum absolute atomic E-state index is 13.1. The van der Waals surface area contributed by atoms with Crippen LogP contribution in [-0.4, -0.2) is 37.2 Å². The van der Waals surface area contributed by atoms with Gasteiger partial charge in [0, 0.05) is 23.1 Å². The number of halogens is 1. The standard InChI is InChI=1S/C21H21ClN4O4S/c1-13(2)25(12-19-23-24-20(30-19)17-6-4-5-7-18(17)22)21(27)14(3)31-16-10-8-15(9-11-16)26(28)29/h4-11,13-14H,12H2,1-3H3. The van der Waals surface area contributed by atoms with Gasteiger partial charge in [-0.1, -0.05) is 23.7 Å². The highest BCUT2D eigenvalue weighted by molar-refractivity contribution is 8.00. The molecule has 162 valence electrons. The lowest BCUT2D eigenvalue weighted by molar-refractivity contribution is -0.384. The third-order valence-electron chi connectivity index (χ3n) is 4.49. The van der Waals surface area contributed by atoms with Gasteiger partial charge in [0.25, 0.3) is 5.69 Å². The van der Waals surface area contributed by atoms with Crippen LogP contribution in [0.3, 0.4) is 0 Å². The Morgan fingerprint density at radius 1 is 1.16 bits per heavy atom. The van der Waals surface area contributed by atoms with E-state index in [1.807, 2.05) is 26.0 Å². The van der Waals surface area contributed by atoms with Crippen molar-refractivity contribution in [1.82, 2.24) is 15.1 Å². The van der Waals surface area contributed by atoms with E-state index in [9.17, 15) is 14.9 Å². The predicted octanol–water partition coefficient (Wildman–Crippen LogP) is 5.22. The molecule has 2 aromatic carbocycles. The molecule has 0 saturated heterocycles. The highest BCUT2D eigenvalue weighted by atomic mass is 35.5. The Bertz CT molecular complexity index is 1070. The van der Waals surface area contributed by atoms with E-state index in [-0.39, 0.29) is 24.2 Å². The molecule has 0 aliphatic heterocycles. The number of carbonyl (C=O) groups is 1. The van der Waals surface area contributed by atoms with E-state index in [0.29, 0.717) is 22.4 Å². The van der Waals surface area contributed by atoms with Gasteiger partial charge in [-0.05, 0) is 45.0 Å². The second-order valence-corrected chi connectivity index (χ2v) is 8.87. The quantitative estimate of drug-likeness (QED) is 0.258. The van der Waals surface area contributed by atoms with E-state index in [1.54, 1.807) is 36.1 Å². The van der Waals surface area contributed by atoms with Crippen LogP contribution in [-0.2, 0) is 11.3 Å². The molecule has 0 saturated carbocycles. The van der Waals surface area contributed by atoms with Crippen molar-refractivity contribution in [2.45, 2.75) is 43.5 Å². The third kappa shape index (κ3) is 5.62. The first kappa shape index (κ1) is 22.8. The van der Waals surface area contributed by atoms with Crippen molar-refractivity contribution in [3.8, 4) is 11.5 Å². The number of rotatable bonds is 8. The van der Waals surface area contributed by atoms with Gasteiger partial charge in [-0.2, -0.15) is 0 Å². The van der Waals surface area contributed by atoms with Gasteiger partial charge in [0.1, 0.15) is 0 Å². The van der Waals surface area contributed by atoms with E-state index in [1.165, 1.54) is 23.9 Å². The lowest BCUT2D eigenvalue weighted by Gasteiger charge is -2.28. The van der Waals surface area contributed by atoms with Crippen LogP contribution >= 0.6 is 23.4 Å². The molecule has 0 aliphatic carbocycles. The smallest absolute Gasteiger partial charge is 0.269 e. The van der Waals surface area contributed by atoms with Crippen molar-refractivity contribution in [2.24, 2.45) is 0 Å². The zero-order valence-corrected chi connectivity index (χ0v) is 18.8. The number of thioether (sulfide) groups is 1. The fourth-order valence-electron chi connectivity index (χ4n) is 2.86. The van der Waals surface area contributed by atoms with Crippen LogP contribution in [0.2, 0.25) is 5.02 Å². The van der Waals surface area contributed by atoms with E-state index < -0.39 is 10.2 Å². The highest BCUT2D eigenvalue weighted by Crippen LogP contribution is 2.29. The number of carbonyl (C=O) groups excluding carboxylic acids is 1. The van der Waals surface area contributed by atoms with Crippen molar-refractivity contribution in [2.75, 3.05) is 0 Å². The Balaban J connectivity index is 1.70. The van der Waals surface area contributed by atoms with Crippen molar-refractivity contribution in [3.63, 3.8) is 0 Å². The molecular formula is C21H21ClN4O4S. The van der Waals surface area contributed by atoms with E-state index in [0.717, 1.165) is 4.90 Å². The van der Waals surface area contributed by atoms with Crippen molar-refractivity contribution >= 4 is 35.0 Å². The monoisotopic (exact) mass is 460 g/mol. The molecule has 10 heteroatoms. The topological polar surface area (TPSA) is 102 Å². The maximum atomic E-state index is 13.1. The fraction of sp³-hybridized carbons (Fsp3) is 0.286. The normalized spacial score (nSPS) is 12.0. The largest absolute Gasteiger partial charge is 0.419 e. The molecule has 31 heavy (non-hydrogen) atoms. The average molecular weight is 461 g/mol. The molecule has 3 rings (SSSR count). The summed E-state index contributed by atoms with van der Waals surface area (Å²) in [6.45, 7) is 5.78. The Hall–Kier alpha value is -2.91. The zero-order valence-electron chi connectivity index (χ0n) is 17.2. The number of amides is 1. The number of aromatic nitrogens is 2. The van der Waals surface area contributed by atoms with Crippen LogP contribution in [0, 0.1) is 10.1 Å². The Labute approximate surface area is 188 Å². The van der Waals surface area contributed by atoms with Gasteiger partial charge >= 0.3 is 0 Å². The van der Waals surface area contributed by atoms with Gasteiger partial charge in [0.15, 0.2) is 0 Å². The first-order valence-electron chi connectivity index (χ1n) is 9.55. The van der Waals surface area contributed by atoms with Gasteiger partial charge in [-0.15, -0.1) is 22.0 Å². The molecular weight excluding hydrogens is 440 g/mol. The summed E-state index contributed by atoms with van der Waals surface area (Å²) >= 11 is 7.52. The highest BCUT2D eigenvalue weighted by Gasteiger charge is 2.26. The summed E-state index contributed by atoms with van der Waals surface area (Å²) in [5.41, 5.74) is 0.644. The summed E-state index contributed by atoms with van der Waals surface area (Å²) in [5.74, 6) is 0.505. The first-order valence-corrected chi connectivity index (χ1v) is 10.8. The number of hydrogen-bond donors (Lipinski definition) is 0. The molecule has 0 radical (unpaired) electrons. The number of nitrogens with zero attached hydrogens (tertiary/aromatic N) is 4. The van der Waals surface area contributed by atoms with Gasteiger partial charge in [0.2, 0.25) is 17.7 Å². The molecule has 8 nitrogen and oxygen atoms in total. The minimum atomic E-state index is -0.454. The summed E-state index contributed by atoms with van der Waals surface area (Å²) in [7, 11) is 0. The Kier molecular flexibility index (Phi) is 7.29. The molecule has 0 bridgehead atoms. The van der Waals surface area contributed by atoms with Crippen LogP contribution in [0.25, 0.3) is 11.5 Å². The van der Waals surface area contributed by atoms with Gasteiger partial charge in [-0.3, -0.25) is 14.9 Å². The Morgan fingerprint density at radius 3 is 2.45 bits per heavy atom. The SMILES string of the molecule is CC(Sc1ccc([N+](=O)[O-])cc1)C(=O)N(Cc1nnc(-c2ccccc2Cl)o1)C(C)C. The molecule has 0 aliphatic rings. The van der Waals surface area contributed by atoms with E-state index >= 15 is 0 Å². The van der Waals surface area contributed by atoms with E-state index in [2.05, 4.69) is 10.2 Å². The van der Waals surface area contributed by atoms with Crippen molar-refractivity contribution < 1.29 is 14.1 Å². The number of hydrogen-bond acceptors (Lipinski definition) is 7. The van der Waals surface area contributed by atoms with E-state index in [4.69, 9.17) is 16.0 Å². The fourth-order valence-corrected chi connectivity index (χ4v) is 4.01. The molecule has 1 aromatic heterocycles. The number of nitro groups is 1. The second-order valence-electron chi connectivity index (χ2n) is 7.05.